The van der Waals surface area contributed by atoms with Gasteiger partial charge in [-0.25, -0.2) is 0 Å². The number of esters is 1. The smallest absolute Gasteiger partial charge is 0.302 e. The van der Waals surface area contributed by atoms with Crippen molar-refractivity contribution in [2.24, 2.45) is 0 Å². The number of rotatable bonds is 8. The fourth-order valence-electron chi connectivity index (χ4n) is 3.98. The first-order valence-electron chi connectivity index (χ1n) is 10.3. The Kier molecular flexibility index (Phi) is 6.04. The molecule has 2 heterocycles. The van der Waals surface area contributed by atoms with Crippen molar-refractivity contribution < 1.29 is 23.7 Å². The predicted octanol–water partition coefficient (Wildman–Crippen LogP) is 3.72. The third-order valence-electron chi connectivity index (χ3n) is 5.55. The van der Waals surface area contributed by atoms with Gasteiger partial charge in [0.2, 0.25) is 0 Å². The van der Waals surface area contributed by atoms with Crippen LogP contribution < -0.4 is 14.4 Å². The molecule has 0 spiro atoms. The van der Waals surface area contributed by atoms with Gasteiger partial charge < -0.3 is 28.4 Å². The molecule has 0 unspecified atom stereocenters. The van der Waals surface area contributed by atoms with Crippen LogP contribution in [0.3, 0.4) is 0 Å². The highest BCUT2D eigenvalue weighted by atomic mass is 16.6. The van der Waals surface area contributed by atoms with Crippen molar-refractivity contribution in [3.05, 3.63) is 48.2 Å². The van der Waals surface area contributed by atoms with Crippen LogP contribution in [0.25, 0.3) is 16.6 Å². The minimum Gasteiger partial charge on any atom is -0.493 e. The molecule has 1 aliphatic rings. The molecule has 7 nitrogen and oxygen atoms in total. The molecule has 164 valence electrons. The van der Waals surface area contributed by atoms with E-state index < -0.39 is 0 Å². The second-order valence-corrected chi connectivity index (χ2v) is 7.64. The van der Waals surface area contributed by atoms with Crippen molar-refractivity contribution >= 4 is 22.6 Å². The molecule has 0 atom stereocenters. The van der Waals surface area contributed by atoms with Crippen LogP contribution >= 0.6 is 0 Å². The summed E-state index contributed by atoms with van der Waals surface area (Å²) in [7, 11) is 3.30. The van der Waals surface area contributed by atoms with Crippen molar-refractivity contribution in [2.45, 2.75) is 20.0 Å². The first-order chi connectivity index (χ1) is 15.0. The van der Waals surface area contributed by atoms with Crippen LogP contribution in [0, 0.1) is 6.92 Å². The van der Waals surface area contributed by atoms with E-state index in [4.69, 9.17) is 18.9 Å². The van der Waals surface area contributed by atoms with Gasteiger partial charge in [0, 0.05) is 48.5 Å². The molecule has 1 aliphatic heterocycles. The maximum absolute atomic E-state index is 10.8. The van der Waals surface area contributed by atoms with E-state index in [-0.39, 0.29) is 12.1 Å². The molecule has 0 bridgehead atoms. The summed E-state index contributed by atoms with van der Waals surface area (Å²) in [4.78, 5) is 13.0. The van der Waals surface area contributed by atoms with Crippen molar-refractivity contribution in [1.82, 2.24) is 4.57 Å². The molecule has 0 N–H and O–H groups in total. The van der Waals surface area contributed by atoms with Gasteiger partial charge >= 0.3 is 5.97 Å². The molecule has 0 saturated carbocycles. The number of anilines is 1. The average molecular weight is 424 g/mol. The number of aromatic nitrogens is 1. The lowest BCUT2D eigenvalue weighted by Crippen LogP contribution is -2.52. The maximum Gasteiger partial charge on any atom is 0.302 e. The number of carbonyl (C=O) groups excluding carboxylic acids is 1. The summed E-state index contributed by atoms with van der Waals surface area (Å²) in [5.41, 5.74) is 4.48. The number of hydrogen-bond acceptors (Lipinski definition) is 6. The van der Waals surface area contributed by atoms with Crippen LogP contribution in [0.5, 0.6) is 11.5 Å². The zero-order chi connectivity index (χ0) is 22.0. The molecular weight excluding hydrogens is 396 g/mol. The number of fused-ring (bicyclic) bond motifs is 1. The predicted molar refractivity (Wildman–Crippen MR) is 120 cm³/mol. The number of ether oxygens (including phenoxy) is 4. The second kappa shape index (κ2) is 8.89. The van der Waals surface area contributed by atoms with Crippen LogP contribution in [0.1, 0.15) is 12.6 Å². The molecule has 4 rings (SSSR count). The maximum atomic E-state index is 10.8. The monoisotopic (exact) mass is 424 g/mol. The number of carbonyl (C=O) groups is 1. The van der Waals surface area contributed by atoms with Crippen LogP contribution in [0.2, 0.25) is 0 Å². The topological polar surface area (TPSA) is 62.2 Å². The van der Waals surface area contributed by atoms with Crippen molar-refractivity contribution in [3.8, 4) is 17.2 Å². The zero-order valence-electron chi connectivity index (χ0n) is 18.4. The third kappa shape index (κ3) is 4.32. The Morgan fingerprint density at radius 3 is 2.26 bits per heavy atom. The van der Waals surface area contributed by atoms with E-state index >= 15 is 0 Å². The van der Waals surface area contributed by atoms with Gasteiger partial charge in [-0.1, -0.05) is 0 Å². The number of nitrogens with zero attached hydrogens (tertiary/aromatic N) is 2. The summed E-state index contributed by atoms with van der Waals surface area (Å²) in [6, 6.07) is 14.7. The van der Waals surface area contributed by atoms with Crippen LogP contribution in [0.4, 0.5) is 5.69 Å². The Morgan fingerprint density at radius 1 is 0.968 bits per heavy atom. The molecule has 7 heteroatoms. The van der Waals surface area contributed by atoms with E-state index in [0.29, 0.717) is 19.0 Å². The van der Waals surface area contributed by atoms with Gasteiger partial charge in [-0.2, -0.15) is 0 Å². The Labute approximate surface area is 182 Å². The van der Waals surface area contributed by atoms with Crippen LogP contribution in [0.15, 0.2) is 42.5 Å². The third-order valence-corrected chi connectivity index (χ3v) is 5.55. The molecule has 1 saturated heterocycles. The molecule has 0 aliphatic carbocycles. The van der Waals surface area contributed by atoms with Gasteiger partial charge in [0.15, 0.2) is 11.5 Å². The van der Waals surface area contributed by atoms with E-state index in [1.54, 1.807) is 14.2 Å². The highest BCUT2D eigenvalue weighted by Gasteiger charge is 2.27. The van der Waals surface area contributed by atoms with E-state index in [0.717, 1.165) is 46.8 Å². The van der Waals surface area contributed by atoms with E-state index in [9.17, 15) is 4.79 Å². The molecule has 3 aromatic rings. The van der Waals surface area contributed by atoms with Crippen molar-refractivity contribution in [2.75, 3.05) is 45.4 Å². The van der Waals surface area contributed by atoms with Crippen LogP contribution in [-0.2, 0) is 14.3 Å². The number of aryl methyl sites for hydroxylation is 1. The lowest BCUT2D eigenvalue weighted by atomic mass is 10.1. The number of benzene rings is 2. The highest BCUT2D eigenvalue weighted by molar-refractivity contribution is 5.87. The molecule has 1 aromatic heterocycles. The van der Waals surface area contributed by atoms with E-state index in [1.165, 1.54) is 6.92 Å². The van der Waals surface area contributed by atoms with Gasteiger partial charge in [0.1, 0.15) is 6.61 Å². The Balaban J connectivity index is 1.45. The summed E-state index contributed by atoms with van der Waals surface area (Å²) >= 11 is 0. The lowest BCUT2D eigenvalue weighted by Gasteiger charge is -2.40. The normalized spacial score (nSPS) is 13.9. The Bertz CT molecular complexity index is 1070. The minimum atomic E-state index is -0.276. The fraction of sp³-hybridized carbons (Fsp3) is 0.375. The molecule has 0 radical (unpaired) electrons. The SMILES string of the molecule is COc1cc2cc(C)n(-c3ccc(N4CC(OCCOC(C)=O)C4)cc3)c2cc1OC. The average Bonchev–Trinajstić information content (AvgIpc) is 3.05. The van der Waals surface area contributed by atoms with Gasteiger partial charge in [-0.3, -0.25) is 4.79 Å². The number of methoxy groups -OCH3 is 2. The quantitative estimate of drug-likeness (QED) is 0.406. The highest BCUT2D eigenvalue weighted by Crippen LogP contribution is 2.35. The number of hydrogen-bond donors (Lipinski definition) is 0. The molecule has 1 fully saturated rings. The van der Waals surface area contributed by atoms with Crippen molar-refractivity contribution in [1.29, 1.82) is 0 Å². The van der Waals surface area contributed by atoms with Gasteiger partial charge in [0.25, 0.3) is 0 Å². The molecular formula is C24H28N2O5. The first kappa shape index (κ1) is 21.1. The van der Waals surface area contributed by atoms with Crippen molar-refractivity contribution in [3.63, 3.8) is 0 Å². The lowest BCUT2D eigenvalue weighted by molar-refractivity contribution is -0.143. The Morgan fingerprint density at radius 2 is 1.61 bits per heavy atom. The minimum absolute atomic E-state index is 0.174. The summed E-state index contributed by atoms with van der Waals surface area (Å²) in [5.74, 6) is 1.17. The van der Waals surface area contributed by atoms with Crippen LogP contribution in [-0.4, -0.2) is 57.2 Å². The molecule has 2 aromatic carbocycles. The van der Waals surface area contributed by atoms with E-state index in [2.05, 4.69) is 46.7 Å². The Hall–Kier alpha value is -3.19. The fourth-order valence-corrected chi connectivity index (χ4v) is 3.98. The molecule has 31 heavy (non-hydrogen) atoms. The van der Waals surface area contributed by atoms with Gasteiger partial charge in [0.05, 0.1) is 32.4 Å². The summed E-state index contributed by atoms with van der Waals surface area (Å²) in [5, 5.41) is 1.11. The standard InChI is InChI=1S/C24H28N2O5/c1-16-11-18-12-23(28-3)24(29-4)13-22(18)26(16)20-7-5-19(6-8-20)25-14-21(15-25)31-10-9-30-17(2)27/h5-8,11-13,21H,9-10,14-15H2,1-4H3. The summed E-state index contributed by atoms with van der Waals surface area (Å²) in [6.07, 6.45) is 0.174. The van der Waals surface area contributed by atoms with Gasteiger partial charge in [-0.05, 0) is 43.3 Å². The van der Waals surface area contributed by atoms with Gasteiger partial charge in [-0.15, -0.1) is 0 Å². The summed E-state index contributed by atoms with van der Waals surface area (Å²) in [6.45, 7) is 5.91. The zero-order valence-corrected chi connectivity index (χ0v) is 18.4. The van der Waals surface area contributed by atoms with E-state index in [1.807, 2.05) is 12.1 Å². The second-order valence-electron chi connectivity index (χ2n) is 7.64. The molecule has 0 amide bonds. The first-order valence-corrected chi connectivity index (χ1v) is 10.3. The summed E-state index contributed by atoms with van der Waals surface area (Å²) < 4.78 is 23.8. The largest absolute Gasteiger partial charge is 0.493 e.